The molecule has 0 atom stereocenters. The van der Waals surface area contributed by atoms with E-state index in [1.807, 2.05) is 0 Å². The molecule has 0 unspecified atom stereocenters. The minimum absolute atomic E-state index is 0.0415. The molecule has 0 spiro atoms. The Hall–Kier alpha value is -1.98. The molecule has 0 saturated heterocycles. The molecule has 2 amide bonds. The highest BCUT2D eigenvalue weighted by molar-refractivity contribution is 6.39. The summed E-state index contributed by atoms with van der Waals surface area (Å²) in [5, 5.41) is 4.67. The molecule has 17 heavy (non-hydrogen) atoms. The number of carbonyl (C=O) groups excluding carboxylic acids is 2. The van der Waals surface area contributed by atoms with Crippen LogP contribution >= 0.6 is 0 Å². The van der Waals surface area contributed by atoms with E-state index in [1.165, 1.54) is 6.07 Å². The number of carbonyl (C=O) groups is 2. The zero-order chi connectivity index (χ0) is 12.4. The van der Waals surface area contributed by atoms with Gasteiger partial charge in [-0.05, 0) is 25.0 Å². The van der Waals surface area contributed by atoms with E-state index in [0.717, 1.165) is 25.0 Å². The molecule has 1 aliphatic rings. The molecule has 4 nitrogen and oxygen atoms in total. The Kier molecular flexibility index (Phi) is 3.03. The topological polar surface area (TPSA) is 58.2 Å². The van der Waals surface area contributed by atoms with Gasteiger partial charge in [0.25, 0.3) is 0 Å². The van der Waals surface area contributed by atoms with Gasteiger partial charge in [0.15, 0.2) is 11.6 Å². The fraction of sp³-hybridized carbons (Fsp3) is 0.273. The maximum Gasteiger partial charge on any atom is 0.313 e. The van der Waals surface area contributed by atoms with Gasteiger partial charge in [0.05, 0.1) is 0 Å². The molecule has 6 heteroatoms. The molecule has 1 fully saturated rings. The van der Waals surface area contributed by atoms with Crippen LogP contribution in [-0.2, 0) is 9.59 Å². The smallest absolute Gasteiger partial charge is 0.313 e. The fourth-order valence-electron chi connectivity index (χ4n) is 1.24. The lowest BCUT2D eigenvalue weighted by atomic mass is 10.3. The zero-order valence-corrected chi connectivity index (χ0v) is 8.80. The Balaban J connectivity index is 1.96. The van der Waals surface area contributed by atoms with Crippen LogP contribution in [0.25, 0.3) is 0 Å². The van der Waals surface area contributed by atoms with Crippen LogP contribution in [0.4, 0.5) is 14.5 Å². The van der Waals surface area contributed by atoms with Crippen LogP contribution in [0.2, 0.25) is 0 Å². The maximum absolute atomic E-state index is 12.8. The number of hydrogen-bond donors (Lipinski definition) is 2. The number of rotatable bonds is 2. The normalized spacial score (nSPS) is 14.2. The lowest BCUT2D eigenvalue weighted by Gasteiger charge is -2.05. The van der Waals surface area contributed by atoms with Crippen LogP contribution in [0.5, 0.6) is 0 Å². The molecule has 0 heterocycles. The van der Waals surface area contributed by atoms with Crippen LogP contribution in [0.1, 0.15) is 12.8 Å². The highest BCUT2D eigenvalue weighted by atomic mass is 19.2. The summed E-state index contributed by atoms with van der Waals surface area (Å²) < 4.78 is 25.4. The summed E-state index contributed by atoms with van der Waals surface area (Å²) in [7, 11) is 0. The highest BCUT2D eigenvalue weighted by Crippen LogP contribution is 2.18. The van der Waals surface area contributed by atoms with Gasteiger partial charge in [-0.25, -0.2) is 8.78 Å². The first-order chi connectivity index (χ1) is 8.06. The molecule has 2 N–H and O–H groups in total. The van der Waals surface area contributed by atoms with Gasteiger partial charge in [-0.3, -0.25) is 9.59 Å². The Bertz CT molecular complexity index is 473. The van der Waals surface area contributed by atoms with Crippen molar-refractivity contribution >= 4 is 17.5 Å². The van der Waals surface area contributed by atoms with Gasteiger partial charge in [0.1, 0.15) is 0 Å². The lowest BCUT2D eigenvalue weighted by molar-refractivity contribution is -0.136. The molecular weight excluding hydrogens is 230 g/mol. The number of hydrogen-bond acceptors (Lipinski definition) is 2. The molecule has 0 aliphatic heterocycles. The van der Waals surface area contributed by atoms with Crippen molar-refractivity contribution in [1.29, 1.82) is 0 Å². The van der Waals surface area contributed by atoms with Crippen LogP contribution in [0, 0.1) is 11.6 Å². The zero-order valence-electron chi connectivity index (χ0n) is 8.80. The minimum atomic E-state index is -1.08. The fourth-order valence-corrected chi connectivity index (χ4v) is 1.24. The minimum Gasteiger partial charge on any atom is -0.345 e. The first-order valence-corrected chi connectivity index (χ1v) is 5.13. The molecule has 0 radical (unpaired) electrons. The Morgan fingerprint density at radius 2 is 1.82 bits per heavy atom. The van der Waals surface area contributed by atoms with E-state index in [0.29, 0.717) is 0 Å². The van der Waals surface area contributed by atoms with E-state index >= 15 is 0 Å². The van der Waals surface area contributed by atoms with Gasteiger partial charge in [0, 0.05) is 17.8 Å². The van der Waals surface area contributed by atoms with Crippen molar-refractivity contribution in [2.75, 3.05) is 5.32 Å². The summed E-state index contributed by atoms with van der Waals surface area (Å²) in [6, 6.07) is 2.94. The van der Waals surface area contributed by atoms with Crippen molar-refractivity contribution in [1.82, 2.24) is 5.32 Å². The van der Waals surface area contributed by atoms with Crippen molar-refractivity contribution in [3.05, 3.63) is 29.8 Å². The van der Waals surface area contributed by atoms with Gasteiger partial charge in [-0.2, -0.15) is 0 Å². The molecule has 1 aromatic carbocycles. The molecule has 90 valence electrons. The molecule has 1 aromatic rings. The number of nitrogens with one attached hydrogen (secondary N) is 2. The van der Waals surface area contributed by atoms with E-state index in [1.54, 1.807) is 0 Å². The molecule has 1 aliphatic carbocycles. The van der Waals surface area contributed by atoms with Crippen molar-refractivity contribution in [2.45, 2.75) is 18.9 Å². The summed E-state index contributed by atoms with van der Waals surface area (Å²) in [5.74, 6) is -3.74. The first kappa shape index (κ1) is 11.5. The van der Waals surface area contributed by atoms with E-state index in [9.17, 15) is 18.4 Å². The lowest BCUT2D eigenvalue weighted by Crippen LogP contribution is -2.36. The van der Waals surface area contributed by atoms with Gasteiger partial charge < -0.3 is 10.6 Å². The predicted octanol–water partition coefficient (Wildman–Crippen LogP) is 1.18. The first-order valence-electron chi connectivity index (χ1n) is 5.13. The number of amides is 2. The second-order valence-electron chi connectivity index (χ2n) is 3.83. The molecule has 2 rings (SSSR count). The summed E-state index contributed by atoms with van der Waals surface area (Å²) in [4.78, 5) is 22.6. The predicted molar refractivity (Wildman–Crippen MR) is 56.2 cm³/mol. The SMILES string of the molecule is O=C(Nc1ccc(F)c(F)c1)C(=O)NC1CC1. The third-order valence-electron chi connectivity index (χ3n) is 2.30. The van der Waals surface area contributed by atoms with Crippen molar-refractivity contribution in [3.63, 3.8) is 0 Å². The maximum atomic E-state index is 12.8. The summed E-state index contributed by atoms with van der Waals surface area (Å²) in [6.07, 6.45) is 1.73. The average molecular weight is 240 g/mol. The van der Waals surface area contributed by atoms with Gasteiger partial charge in [0.2, 0.25) is 0 Å². The quantitative estimate of drug-likeness (QED) is 0.763. The van der Waals surface area contributed by atoms with Crippen molar-refractivity contribution in [3.8, 4) is 0 Å². The highest BCUT2D eigenvalue weighted by Gasteiger charge is 2.26. The third kappa shape index (κ3) is 2.99. The average Bonchev–Trinajstić information content (AvgIpc) is 3.07. The summed E-state index contributed by atoms with van der Waals surface area (Å²) >= 11 is 0. The van der Waals surface area contributed by atoms with Gasteiger partial charge in [-0.1, -0.05) is 0 Å². The van der Waals surface area contributed by atoms with E-state index in [4.69, 9.17) is 0 Å². The molecule has 1 saturated carbocycles. The standard InChI is InChI=1S/C11H10F2N2O2/c12-8-4-3-7(5-9(8)13)15-11(17)10(16)14-6-1-2-6/h3-6H,1-2H2,(H,14,16)(H,15,17). The Morgan fingerprint density at radius 3 is 2.41 bits per heavy atom. The molecule has 0 aromatic heterocycles. The summed E-state index contributed by atoms with van der Waals surface area (Å²) in [6.45, 7) is 0. The summed E-state index contributed by atoms with van der Waals surface area (Å²) in [5.41, 5.74) is 0.0415. The largest absolute Gasteiger partial charge is 0.345 e. The van der Waals surface area contributed by atoms with E-state index < -0.39 is 23.4 Å². The number of anilines is 1. The molecular formula is C11H10F2N2O2. The van der Waals surface area contributed by atoms with Crippen molar-refractivity contribution in [2.24, 2.45) is 0 Å². The van der Waals surface area contributed by atoms with Crippen LogP contribution in [-0.4, -0.2) is 17.9 Å². The molecule has 0 bridgehead atoms. The van der Waals surface area contributed by atoms with Crippen molar-refractivity contribution < 1.29 is 18.4 Å². The van der Waals surface area contributed by atoms with Crippen LogP contribution in [0.15, 0.2) is 18.2 Å². The van der Waals surface area contributed by atoms with Crippen LogP contribution < -0.4 is 10.6 Å². The second kappa shape index (κ2) is 4.48. The number of benzene rings is 1. The van der Waals surface area contributed by atoms with E-state index in [2.05, 4.69) is 10.6 Å². The third-order valence-corrected chi connectivity index (χ3v) is 2.30. The monoisotopic (exact) mass is 240 g/mol. The van der Waals surface area contributed by atoms with Crippen LogP contribution in [0.3, 0.4) is 0 Å². The van der Waals surface area contributed by atoms with Gasteiger partial charge >= 0.3 is 11.8 Å². The van der Waals surface area contributed by atoms with E-state index in [-0.39, 0.29) is 11.7 Å². The Labute approximate surface area is 96.0 Å². The van der Waals surface area contributed by atoms with Gasteiger partial charge in [-0.15, -0.1) is 0 Å². The second-order valence-corrected chi connectivity index (χ2v) is 3.83. The Morgan fingerprint density at radius 1 is 1.12 bits per heavy atom. The number of halogens is 2.